The van der Waals surface area contributed by atoms with E-state index in [1.54, 1.807) is 6.07 Å². The number of Topliss-reactive ketones (excluding diaryl/α,β-unsaturated/α-hetero) is 1. The molecular weight excluding hydrogens is 440 g/mol. The predicted octanol–water partition coefficient (Wildman–Crippen LogP) is -0.00840. The number of aliphatic hydroxyl groups excluding tert-OH is 4. The zero-order valence-corrected chi connectivity index (χ0v) is 17.5. The van der Waals surface area contributed by atoms with Crippen molar-refractivity contribution in [1.82, 2.24) is 0 Å². The van der Waals surface area contributed by atoms with Gasteiger partial charge in [0.2, 0.25) is 6.29 Å². The van der Waals surface area contributed by atoms with Crippen molar-refractivity contribution in [2.75, 3.05) is 13.7 Å². The number of phenolic OH excluding ortho intramolecular Hbond substituents is 2. The molecule has 33 heavy (non-hydrogen) atoms. The molecule has 2 aromatic rings. The Kier molecular flexibility index (Phi) is 6.32. The highest BCUT2D eigenvalue weighted by atomic mass is 16.7. The standard InChI is InChI=1S/C22H24O11/c1-30-14-3-2-9(4-11(14)24)15-7-13(26)18-12(25)5-10(6-16(18)32-15)31-22-21(29)20(28)19(27)17(8-23)33-22/h2-6,15,17,19-25,27-29H,7-8H2,1H3/t15-,17+,19+,20-,21+,22+/m1/s1. The number of carbonyl (C=O) groups is 1. The number of hydrogen-bond donors (Lipinski definition) is 6. The molecule has 11 nitrogen and oxygen atoms in total. The molecule has 0 aromatic heterocycles. The van der Waals surface area contributed by atoms with Crippen LogP contribution in [-0.4, -0.2) is 80.8 Å². The lowest BCUT2D eigenvalue weighted by atomic mass is 9.95. The van der Waals surface area contributed by atoms with Crippen molar-refractivity contribution in [3.8, 4) is 28.7 Å². The molecule has 11 heteroatoms. The summed E-state index contributed by atoms with van der Waals surface area (Å²) in [6.45, 7) is -0.631. The summed E-state index contributed by atoms with van der Waals surface area (Å²) in [4.78, 5) is 12.7. The summed E-state index contributed by atoms with van der Waals surface area (Å²) in [7, 11) is 1.41. The number of rotatable bonds is 5. The Labute approximate surface area is 188 Å². The van der Waals surface area contributed by atoms with E-state index >= 15 is 0 Å². The highest BCUT2D eigenvalue weighted by Gasteiger charge is 2.45. The maximum atomic E-state index is 12.7. The van der Waals surface area contributed by atoms with Gasteiger partial charge in [0.25, 0.3) is 0 Å². The van der Waals surface area contributed by atoms with Gasteiger partial charge >= 0.3 is 0 Å². The minimum Gasteiger partial charge on any atom is -0.507 e. The normalized spacial score (nSPS) is 29.2. The fourth-order valence-corrected chi connectivity index (χ4v) is 3.87. The summed E-state index contributed by atoms with van der Waals surface area (Å²) in [5, 5.41) is 59.7. The van der Waals surface area contributed by atoms with Gasteiger partial charge in [-0.2, -0.15) is 0 Å². The van der Waals surface area contributed by atoms with Crippen LogP contribution < -0.4 is 14.2 Å². The van der Waals surface area contributed by atoms with Crippen LogP contribution >= 0.6 is 0 Å². The van der Waals surface area contributed by atoms with Gasteiger partial charge in [-0.15, -0.1) is 0 Å². The van der Waals surface area contributed by atoms with Crippen LogP contribution in [0.5, 0.6) is 28.7 Å². The first-order valence-corrected chi connectivity index (χ1v) is 10.1. The van der Waals surface area contributed by atoms with Crippen LogP contribution in [-0.2, 0) is 4.74 Å². The predicted molar refractivity (Wildman–Crippen MR) is 109 cm³/mol. The maximum Gasteiger partial charge on any atom is 0.229 e. The molecule has 6 N–H and O–H groups in total. The number of methoxy groups -OCH3 is 1. The second kappa shape index (κ2) is 9.04. The van der Waals surface area contributed by atoms with Gasteiger partial charge in [0.15, 0.2) is 17.3 Å². The molecule has 0 aliphatic carbocycles. The molecule has 1 fully saturated rings. The second-order valence-electron chi connectivity index (χ2n) is 7.80. The van der Waals surface area contributed by atoms with Gasteiger partial charge in [0.1, 0.15) is 53.3 Å². The summed E-state index contributed by atoms with van der Waals surface area (Å²) in [6.07, 6.45) is -8.35. The molecule has 2 heterocycles. The van der Waals surface area contributed by atoms with E-state index < -0.39 is 54.9 Å². The number of ether oxygens (including phenoxy) is 4. The molecule has 0 spiro atoms. The molecule has 0 bridgehead atoms. The minimum absolute atomic E-state index is 0.00569. The van der Waals surface area contributed by atoms with Crippen molar-refractivity contribution in [2.24, 2.45) is 0 Å². The van der Waals surface area contributed by atoms with Crippen LogP contribution in [0.15, 0.2) is 30.3 Å². The van der Waals surface area contributed by atoms with Gasteiger partial charge in [-0.1, -0.05) is 6.07 Å². The number of phenols is 2. The average Bonchev–Trinajstić information content (AvgIpc) is 2.78. The van der Waals surface area contributed by atoms with Crippen LogP contribution in [0.25, 0.3) is 0 Å². The summed E-state index contributed by atoms with van der Waals surface area (Å²) < 4.78 is 21.7. The Bertz CT molecular complexity index is 1040. The van der Waals surface area contributed by atoms with E-state index in [0.717, 1.165) is 6.07 Å². The summed E-state index contributed by atoms with van der Waals surface area (Å²) in [6, 6.07) is 7.01. The van der Waals surface area contributed by atoms with Gasteiger partial charge in [0, 0.05) is 12.1 Å². The molecule has 1 saturated heterocycles. The second-order valence-corrected chi connectivity index (χ2v) is 7.80. The van der Waals surface area contributed by atoms with Crippen LogP contribution in [0.2, 0.25) is 0 Å². The first-order valence-electron chi connectivity index (χ1n) is 10.1. The minimum atomic E-state index is -1.65. The third-order valence-corrected chi connectivity index (χ3v) is 5.65. The quantitative estimate of drug-likeness (QED) is 0.351. The van der Waals surface area contributed by atoms with Crippen molar-refractivity contribution in [3.63, 3.8) is 0 Å². The Balaban J connectivity index is 1.60. The lowest BCUT2D eigenvalue weighted by Gasteiger charge is -2.39. The molecule has 2 aliphatic rings. The van der Waals surface area contributed by atoms with Gasteiger partial charge in [-0.05, 0) is 17.7 Å². The van der Waals surface area contributed by atoms with E-state index in [0.29, 0.717) is 5.56 Å². The monoisotopic (exact) mass is 464 g/mol. The number of hydrogen-bond acceptors (Lipinski definition) is 11. The van der Waals surface area contributed by atoms with Crippen molar-refractivity contribution in [1.29, 1.82) is 0 Å². The van der Waals surface area contributed by atoms with Crippen molar-refractivity contribution in [2.45, 2.75) is 43.2 Å². The molecule has 0 saturated carbocycles. The highest BCUT2D eigenvalue weighted by molar-refractivity contribution is 6.02. The molecule has 2 aromatic carbocycles. The molecule has 0 radical (unpaired) electrons. The average molecular weight is 464 g/mol. The maximum absolute atomic E-state index is 12.7. The fourth-order valence-electron chi connectivity index (χ4n) is 3.87. The first kappa shape index (κ1) is 23.1. The number of aliphatic hydroxyl groups is 4. The molecular formula is C22H24O11. The SMILES string of the molecule is COc1ccc([C@H]2CC(=O)c3c(O)cc(O[C@H]4O[C@@H](CO)[C@H](O)[C@@H](O)[C@@H]4O)cc3O2)cc1O. The Morgan fingerprint density at radius 1 is 1.03 bits per heavy atom. The first-order chi connectivity index (χ1) is 15.7. The van der Waals surface area contributed by atoms with E-state index in [1.165, 1.54) is 25.3 Å². The van der Waals surface area contributed by atoms with E-state index in [9.17, 15) is 35.4 Å². The van der Waals surface area contributed by atoms with Crippen LogP contribution in [0.4, 0.5) is 0 Å². The van der Waals surface area contributed by atoms with Gasteiger partial charge in [-0.25, -0.2) is 0 Å². The number of aromatic hydroxyl groups is 2. The topological polar surface area (TPSA) is 175 Å². The fraction of sp³-hybridized carbons (Fsp3) is 0.409. The Hall–Kier alpha value is -3.09. The van der Waals surface area contributed by atoms with Crippen LogP contribution in [0, 0.1) is 0 Å². The molecule has 6 atom stereocenters. The van der Waals surface area contributed by atoms with Crippen molar-refractivity contribution < 1.29 is 54.4 Å². The Morgan fingerprint density at radius 3 is 2.45 bits per heavy atom. The number of carbonyl (C=O) groups excluding carboxylic acids is 1. The lowest BCUT2D eigenvalue weighted by Crippen LogP contribution is -2.60. The summed E-state index contributed by atoms with van der Waals surface area (Å²) >= 11 is 0. The smallest absolute Gasteiger partial charge is 0.229 e. The molecule has 178 valence electrons. The van der Waals surface area contributed by atoms with Crippen molar-refractivity contribution >= 4 is 5.78 Å². The number of ketones is 1. The van der Waals surface area contributed by atoms with E-state index in [4.69, 9.17) is 18.9 Å². The largest absolute Gasteiger partial charge is 0.507 e. The van der Waals surface area contributed by atoms with Gasteiger partial charge in [-0.3, -0.25) is 4.79 Å². The van der Waals surface area contributed by atoms with Gasteiger partial charge < -0.3 is 49.6 Å². The lowest BCUT2D eigenvalue weighted by molar-refractivity contribution is -0.277. The summed E-state index contributed by atoms with van der Waals surface area (Å²) in [5.74, 6) is -0.733. The molecule has 0 amide bonds. The van der Waals surface area contributed by atoms with Gasteiger partial charge in [0.05, 0.1) is 20.1 Å². The van der Waals surface area contributed by atoms with Crippen molar-refractivity contribution in [3.05, 3.63) is 41.5 Å². The van der Waals surface area contributed by atoms with Crippen LogP contribution in [0.1, 0.15) is 28.4 Å². The number of benzene rings is 2. The summed E-state index contributed by atoms with van der Waals surface area (Å²) in [5.41, 5.74) is 0.456. The zero-order valence-electron chi connectivity index (χ0n) is 17.5. The third kappa shape index (κ3) is 4.28. The molecule has 0 unspecified atom stereocenters. The Morgan fingerprint density at radius 2 is 1.79 bits per heavy atom. The number of fused-ring (bicyclic) bond motifs is 1. The van der Waals surface area contributed by atoms with Crippen LogP contribution in [0.3, 0.4) is 0 Å². The molecule has 2 aliphatic heterocycles. The highest BCUT2D eigenvalue weighted by Crippen LogP contribution is 2.43. The van der Waals surface area contributed by atoms with E-state index in [1.807, 2.05) is 0 Å². The molecule has 4 rings (SSSR count). The zero-order chi connectivity index (χ0) is 23.9. The van der Waals surface area contributed by atoms with E-state index in [2.05, 4.69) is 0 Å². The van der Waals surface area contributed by atoms with E-state index in [-0.39, 0.29) is 35.0 Å². The third-order valence-electron chi connectivity index (χ3n) is 5.65.